The number of hydrogen-bond acceptors (Lipinski definition) is 4. The van der Waals surface area contributed by atoms with Gasteiger partial charge in [0, 0.05) is 15.8 Å². The topological polar surface area (TPSA) is 15.6 Å². The minimum Gasteiger partial charge on any atom is -0.325 e. The van der Waals surface area contributed by atoms with E-state index in [0.29, 0.717) is 6.04 Å². The van der Waals surface area contributed by atoms with Crippen LogP contribution in [0.3, 0.4) is 0 Å². The van der Waals surface area contributed by atoms with Crippen molar-refractivity contribution in [3.63, 3.8) is 0 Å². The first-order valence-electron chi connectivity index (χ1n) is 5.56. The summed E-state index contributed by atoms with van der Waals surface area (Å²) in [5.74, 6) is 0. The number of fused-ring (bicyclic) bond motifs is 2. The summed E-state index contributed by atoms with van der Waals surface area (Å²) in [4.78, 5) is 8.38. The molecule has 4 heteroatoms. The van der Waals surface area contributed by atoms with Gasteiger partial charge in [0.05, 0.1) is 6.54 Å². The summed E-state index contributed by atoms with van der Waals surface area (Å²) in [6, 6.07) is 11.1. The maximum Gasteiger partial charge on any atom is 0.168 e. The van der Waals surface area contributed by atoms with Gasteiger partial charge in [0.1, 0.15) is 6.04 Å². The Balaban J connectivity index is 1.74. The number of benzene rings is 1. The van der Waals surface area contributed by atoms with Crippen molar-refractivity contribution in [2.24, 2.45) is 4.99 Å². The SMILES string of the molecule is C1=CN2C[C@@H](c3cc4ccccc4s3)N=C2S1. The molecule has 0 aliphatic carbocycles. The number of amidine groups is 1. The van der Waals surface area contributed by atoms with Crippen molar-refractivity contribution in [3.05, 3.63) is 46.8 Å². The molecule has 0 fully saturated rings. The minimum absolute atomic E-state index is 0.319. The highest BCUT2D eigenvalue weighted by Gasteiger charge is 2.28. The van der Waals surface area contributed by atoms with Crippen molar-refractivity contribution < 1.29 is 0 Å². The molecule has 84 valence electrons. The quantitative estimate of drug-likeness (QED) is 0.772. The van der Waals surface area contributed by atoms with E-state index in [1.807, 2.05) is 11.3 Å². The molecule has 0 radical (unpaired) electrons. The molecule has 2 aromatic rings. The van der Waals surface area contributed by atoms with Gasteiger partial charge < -0.3 is 4.90 Å². The molecule has 0 amide bonds. The van der Waals surface area contributed by atoms with Crippen LogP contribution in [-0.4, -0.2) is 16.6 Å². The Bertz CT molecular complexity index is 609. The second-order valence-corrected chi connectivity index (χ2v) is 6.16. The smallest absolute Gasteiger partial charge is 0.168 e. The van der Waals surface area contributed by atoms with Gasteiger partial charge in [0.25, 0.3) is 0 Å². The third-order valence-electron chi connectivity index (χ3n) is 3.07. The zero-order valence-electron chi connectivity index (χ0n) is 9.04. The van der Waals surface area contributed by atoms with Gasteiger partial charge in [-0.2, -0.15) is 0 Å². The lowest BCUT2D eigenvalue weighted by Crippen LogP contribution is -2.15. The summed E-state index contributed by atoms with van der Waals surface area (Å²) in [5, 5.41) is 4.58. The Kier molecular flexibility index (Phi) is 2.07. The van der Waals surface area contributed by atoms with Crippen LogP contribution in [0.15, 0.2) is 46.9 Å². The van der Waals surface area contributed by atoms with E-state index < -0.39 is 0 Å². The van der Waals surface area contributed by atoms with E-state index >= 15 is 0 Å². The van der Waals surface area contributed by atoms with Crippen molar-refractivity contribution >= 4 is 38.4 Å². The second-order valence-electron chi connectivity index (χ2n) is 4.17. The summed E-state index contributed by atoms with van der Waals surface area (Å²) in [5.41, 5.74) is 0. The summed E-state index contributed by atoms with van der Waals surface area (Å²) < 4.78 is 1.36. The van der Waals surface area contributed by atoms with Crippen LogP contribution in [0.1, 0.15) is 10.9 Å². The van der Waals surface area contributed by atoms with Gasteiger partial charge in [-0.25, -0.2) is 0 Å². The largest absolute Gasteiger partial charge is 0.325 e. The van der Waals surface area contributed by atoms with Crippen molar-refractivity contribution in [2.45, 2.75) is 6.04 Å². The van der Waals surface area contributed by atoms with E-state index in [9.17, 15) is 0 Å². The molecule has 0 saturated heterocycles. The first-order valence-corrected chi connectivity index (χ1v) is 7.26. The molecule has 1 aromatic heterocycles. The molecule has 4 rings (SSSR count). The molecule has 17 heavy (non-hydrogen) atoms. The lowest BCUT2D eigenvalue weighted by atomic mass is 10.2. The average Bonchev–Trinajstić information content (AvgIpc) is 3.01. The maximum atomic E-state index is 4.77. The van der Waals surface area contributed by atoms with Gasteiger partial charge >= 0.3 is 0 Å². The van der Waals surface area contributed by atoms with E-state index in [-0.39, 0.29) is 0 Å². The maximum absolute atomic E-state index is 4.77. The number of nitrogens with zero attached hydrogens (tertiary/aromatic N) is 2. The van der Waals surface area contributed by atoms with Crippen molar-refractivity contribution in [1.82, 2.24) is 4.90 Å². The number of hydrogen-bond donors (Lipinski definition) is 0. The zero-order chi connectivity index (χ0) is 11.2. The zero-order valence-corrected chi connectivity index (χ0v) is 10.7. The highest BCUT2D eigenvalue weighted by molar-refractivity contribution is 8.16. The molecule has 1 atom stereocenters. The number of rotatable bonds is 1. The molecule has 0 saturated carbocycles. The lowest BCUT2D eigenvalue weighted by Gasteiger charge is -2.08. The Labute approximate surface area is 108 Å². The van der Waals surface area contributed by atoms with Gasteiger partial charge in [-0.1, -0.05) is 30.0 Å². The summed E-state index contributed by atoms with van der Waals surface area (Å²) in [6.45, 7) is 0.992. The molecule has 2 nitrogen and oxygen atoms in total. The lowest BCUT2D eigenvalue weighted by molar-refractivity contribution is 0.563. The molecule has 2 aliphatic rings. The van der Waals surface area contributed by atoms with Gasteiger partial charge in [-0.05, 0) is 22.9 Å². The van der Waals surface area contributed by atoms with Crippen LogP contribution < -0.4 is 0 Å². The molecular formula is C13H10N2S2. The molecular weight excluding hydrogens is 248 g/mol. The third-order valence-corrected chi connectivity index (χ3v) is 5.09. The molecule has 1 aromatic carbocycles. The van der Waals surface area contributed by atoms with Crippen LogP contribution in [0.5, 0.6) is 0 Å². The van der Waals surface area contributed by atoms with Gasteiger partial charge in [-0.15, -0.1) is 11.3 Å². The number of thiophene rings is 1. The highest BCUT2D eigenvalue weighted by atomic mass is 32.2. The highest BCUT2D eigenvalue weighted by Crippen LogP contribution is 2.37. The molecule has 3 heterocycles. The molecule has 0 N–H and O–H groups in total. The van der Waals surface area contributed by atoms with Crippen LogP contribution >= 0.6 is 23.1 Å². The summed E-state index contributed by atoms with van der Waals surface area (Å²) >= 11 is 3.58. The fourth-order valence-electron chi connectivity index (χ4n) is 2.22. The Morgan fingerprint density at radius 1 is 1.29 bits per heavy atom. The summed E-state index contributed by atoms with van der Waals surface area (Å²) in [6.07, 6.45) is 2.12. The van der Waals surface area contributed by atoms with E-state index in [2.05, 4.69) is 46.8 Å². The van der Waals surface area contributed by atoms with E-state index in [4.69, 9.17) is 4.99 Å². The van der Waals surface area contributed by atoms with Crippen molar-refractivity contribution in [1.29, 1.82) is 0 Å². The standard InChI is InChI=1S/C13H10N2S2/c1-2-4-11-9(3-1)7-12(17-11)10-8-15-5-6-16-13(15)14-10/h1-7,10H,8H2/t10-/m0/s1. The predicted molar refractivity (Wildman–Crippen MR) is 75.4 cm³/mol. The van der Waals surface area contributed by atoms with E-state index in [0.717, 1.165) is 11.7 Å². The van der Waals surface area contributed by atoms with Gasteiger partial charge in [0.2, 0.25) is 0 Å². The normalized spacial score (nSPS) is 22.2. The monoisotopic (exact) mass is 258 g/mol. The average molecular weight is 258 g/mol. The Morgan fingerprint density at radius 2 is 2.24 bits per heavy atom. The fourth-order valence-corrected chi connectivity index (χ4v) is 4.10. The first-order chi connectivity index (χ1) is 8.40. The van der Waals surface area contributed by atoms with Crippen LogP contribution in [0.2, 0.25) is 0 Å². The van der Waals surface area contributed by atoms with Gasteiger partial charge in [0.15, 0.2) is 5.17 Å². The van der Waals surface area contributed by atoms with E-state index in [1.54, 1.807) is 11.8 Å². The van der Waals surface area contributed by atoms with E-state index in [1.165, 1.54) is 15.0 Å². The molecule has 0 bridgehead atoms. The minimum atomic E-state index is 0.319. The Hall–Kier alpha value is -1.26. The number of thioether (sulfide) groups is 1. The van der Waals surface area contributed by atoms with Crippen LogP contribution in [0.4, 0.5) is 0 Å². The van der Waals surface area contributed by atoms with Crippen LogP contribution in [0.25, 0.3) is 10.1 Å². The Morgan fingerprint density at radius 3 is 3.12 bits per heavy atom. The number of aliphatic imine (C=N–C) groups is 1. The predicted octanol–water partition coefficient (Wildman–Crippen LogP) is 3.83. The molecule has 0 unspecified atom stereocenters. The molecule has 2 aliphatic heterocycles. The first kappa shape index (κ1) is 9.74. The summed E-state index contributed by atoms with van der Waals surface area (Å²) in [7, 11) is 0. The van der Waals surface area contributed by atoms with Crippen molar-refractivity contribution in [2.75, 3.05) is 6.54 Å². The molecule has 0 spiro atoms. The van der Waals surface area contributed by atoms with Crippen LogP contribution in [-0.2, 0) is 0 Å². The van der Waals surface area contributed by atoms with Crippen LogP contribution in [0, 0.1) is 0 Å². The fraction of sp³-hybridized carbons (Fsp3) is 0.154. The van der Waals surface area contributed by atoms with Crippen molar-refractivity contribution in [3.8, 4) is 0 Å². The third kappa shape index (κ3) is 1.51. The second kappa shape index (κ2) is 3.62. The van der Waals surface area contributed by atoms with Gasteiger partial charge in [-0.3, -0.25) is 4.99 Å².